The lowest BCUT2D eigenvalue weighted by Gasteiger charge is -2.16. The largest absolute Gasteiger partial charge is 0.496 e. The Morgan fingerprint density at radius 2 is 1.88 bits per heavy atom. The number of amides is 1. The quantitative estimate of drug-likeness (QED) is 0.839. The molecule has 2 aromatic carbocycles. The smallest absolute Gasteiger partial charge is 0.335 e. The molecule has 1 amide bonds. The number of aromatic carboxylic acids is 1. The van der Waals surface area contributed by atoms with E-state index in [1.807, 2.05) is 6.92 Å². The van der Waals surface area contributed by atoms with Crippen molar-refractivity contribution in [3.8, 4) is 5.75 Å². The Bertz CT molecular complexity index is 743. The highest BCUT2D eigenvalue weighted by Gasteiger charge is 2.15. The summed E-state index contributed by atoms with van der Waals surface area (Å²) in [5, 5.41) is 12.2. The number of hydrogen-bond donors (Lipinski definition) is 2. The van der Waals surface area contributed by atoms with Gasteiger partial charge >= 0.3 is 5.97 Å². The number of methoxy groups -OCH3 is 1. The molecule has 0 saturated carbocycles. The van der Waals surface area contributed by atoms with Gasteiger partial charge in [0.15, 0.2) is 0 Å². The van der Waals surface area contributed by atoms with Crippen LogP contribution in [0.3, 0.4) is 0 Å². The Morgan fingerprint density at radius 1 is 1.21 bits per heavy atom. The van der Waals surface area contributed by atoms with Gasteiger partial charge in [-0.2, -0.15) is 0 Å². The molecule has 0 aliphatic rings. The Labute approximate surface area is 145 Å². The number of hydrogen-bond acceptors (Lipinski definition) is 3. The molecule has 0 bridgehead atoms. The van der Waals surface area contributed by atoms with Crippen LogP contribution in [0.2, 0.25) is 5.02 Å². The first-order valence-corrected chi connectivity index (χ1v) is 7.75. The molecular weight excluding hydrogens is 330 g/mol. The molecule has 6 heteroatoms. The van der Waals surface area contributed by atoms with E-state index in [1.165, 1.54) is 7.11 Å². The lowest BCUT2D eigenvalue weighted by molar-refractivity contribution is 0.0696. The van der Waals surface area contributed by atoms with Crippen molar-refractivity contribution in [2.75, 3.05) is 7.11 Å². The van der Waals surface area contributed by atoms with Crippen molar-refractivity contribution in [1.82, 2.24) is 5.32 Å². The number of carboxylic acids is 1. The lowest BCUT2D eigenvalue weighted by Crippen LogP contribution is -2.34. The molecule has 1 unspecified atom stereocenters. The van der Waals surface area contributed by atoms with Crippen molar-refractivity contribution < 1.29 is 19.4 Å². The topological polar surface area (TPSA) is 75.6 Å². The second-order valence-electron chi connectivity index (χ2n) is 5.43. The van der Waals surface area contributed by atoms with Gasteiger partial charge in [-0.05, 0) is 49.2 Å². The third kappa shape index (κ3) is 4.49. The Morgan fingerprint density at radius 3 is 2.46 bits per heavy atom. The van der Waals surface area contributed by atoms with Crippen LogP contribution in [-0.4, -0.2) is 30.1 Å². The molecule has 2 aromatic rings. The molecule has 126 valence electrons. The maximum atomic E-state index is 12.4. The lowest BCUT2D eigenvalue weighted by atomic mass is 10.0. The molecule has 0 aliphatic carbocycles. The van der Waals surface area contributed by atoms with E-state index in [-0.39, 0.29) is 17.5 Å². The molecule has 5 nitrogen and oxygen atoms in total. The highest BCUT2D eigenvalue weighted by molar-refractivity contribution is 6.31. The standard InChI is InChI=1S/C18H18ClNO4/c1-11(9-12-3-5-13(6-4-12)18(22)23)20-17(21)15-10-14(19)7-8-16(15)24-2/h3-8,10-11H,9H2,1-2H3,(H,20,21)(H,22,23). The number of carbonyl (C=O) groups excluding carboxylic acids is 1. The fraction of sp³-hybridized carbons (Fsp3) is 0.222. The second kappa shape index (κ2) is 7.84. The van der Waals surface area contributed by atoms with Gasteiger partial charge in [0, 0.05) is 11.1 Å². The van der Waals surface area contributed by atoms with Crippen LogP contribution in [0.4, 0.5) is 0 Å². The maximum Gasteiger partial charge on any atom is 0.335 e. The molecule has 0 saturated heterocycles. The van der Waals surface area contributed by atoms with Gasteiger partial charge in [-0.15, -0.1) is 0 Å². The maximum absolute atomic E-state index is 12.4. The summed E-state index contributed by atoms with van der Waals surface area (Å²) in [6.45, 7) is 1.88. The number of carbonyl (C=O) groups is 2. The average Bonchev–Trinajstić information content (AvgIpc) is 2.55. The minimum absolute atomic E-state index is 0.142. The number of halogens is 1. The molecule has 0 radical (unpaired) electrons. The summed E-state index contributed by atoms with van der Waals surface area (Å²) in [4.78, 5) is 23.2. The van der Waals surface area contributed by atoms with Gasteiger partial charge in [-0.1, -0.05) is 23.7 Å². The van der Waals surface area contributed by atoms with Crippen LogP contribution in [0.15, 0.2) is 42.5 Å². The molecule has 2 rings (SSSR count). The van der Waals surface area contributed by atoms with E-state index >= 15 is 0 Å². The van der Waals surface area contributed by atoms with Gasteiger partial charge in [0.05, 0.1) is 18.2 Å². The minimum atomic E-state index is -0.962. The molecule has 2 N–H and O–H groups in total. The first-order valence-electron chi connectivity index (χ1n) is 7.37. The average molecular weight is 348 g/mol. The molecule has 0 fully saturated rings. The highest BCUT2D eigenvalue weighted by atomic mass is 35.5. The zero-order valence-electron chi connectivity index (χ0n) is 13.4. The van der Waals surface area contributed by atoms with Gasteiger partial charge in [0.1, 0.15) is 5.75 Å². The van der Waals surface area contributed by atoms with Crippen molar-refractivity contribution in [1.29, 1.82) is 0 Å². The summed E-state index contributed by atoms with van der Waals surface area (Å²) in [7, 11) is 1.49. The van der Waals surface area contributed by atoms with Crippen LogP contribution in [-0.2, 0) is 6.42 Å². The number of carboxylic acid groups (broad SMARTS) is 1. The van der Waals surface area contributed by atoms with Crippen LogP contribution in [0.5, 0.6) is 5.75 Å². The zero-order chi connectivity index (χ0) is 17.7. The van der Waals surface area contributed by atoms with E-state index < -0.39 is 5.97 Å². The molecule has 0 aliphatic heterocycles. The number of nitrogens with one attached hydrogen (secondary N) is 1. The predicted molar refractivity (Wildman–Crippen MR) is 92.0 cm³/mol. The van der Waals surface area contributed by atoms with Crippen LogP contribution in [0.1, 0.15) is 33.2 Å². The first-order chi connectivity index (χ1) is 11.4. The zero-order valence-corrected chi connectivity index (χ0v) is 14.1. The highest BCUT2D eigenvalue weighted by Crippen LogP contribution is 2.22. The Kier molecular flexibility index (Phi) is 5.82. The fourth-order valence-electron chi connectivity index (χ4n) is 2.35. The molecule has 24 heavy (non-hydrogen) atoms. The van der Waals surface area contributed by atoms with Crippen molar-refractivity contribution >= 4 is 23.5 Å². The van der Waals surface area contributed by atoms with Crippen molar-refractivity contribution in [3.63, 3.8) is 0 Å². The van der Waals surface area contributed by atoms with E-state index in [2.05, 4.69) is 5.32 Å². The summed E-state index contributed by atoms with van der Waals surface area (Å²) in [6.07, 6.45) is 0.578. The van der Waals surface area contributed by atoms with E-state index in [9.17, 15) is 9.59 Å². The van der Waals surface area contributed by atoms with E-state index in [0.29, 0.717) is 22.8 Å². The van der Waals surface area contributed by atoms with Crippen LogP contribution >= 0.6 is 11.6 Å². The number of ether oxygens (including phenoxy) is 1. The first kappa shape index (κ1) is 17.8. The summed E-state index contributed by atoms with van der Waals surface area (Å²) in [5.74, 6) is -0.783. The van der Waals surface area contributed by atoms with Crippen LogP contribution in [0, 0.1) is 0 Å². The Hall–Kier alpha value is -2.53. The predicted octanol–water partition coefficient (Wildman–Crippen LogP) is 3.41. The monoisotopic (exact) mass is 347 g/mol. The third-order valence-corrected chi connectivity index (χ3v) is 3.76. The molecule has 0 aromatic heterocycles. The minimum Gasteiger partial charge on any atom is -0.496 e. The van der Waals surface area contributed by atoms with Crippen molar-refractivity contribution in [2.24, 2.45) is 0 Å². The Balaban J connectivity index is 2.04. The van der Waals surface area contributed by atoms with E-state index in [0.717, 1.165) is 5.56 Å². The SMILES string of the molecule is COc1ccc(Cl)cc1C(=O)NC(C)Cc1ccc(C(=O)O)cc1. The number of rotatable bonds is 6. The summed E-state index contributed by atoms with van der Waals surface area (Å²) in [5.41, 5.74) is 1.54. The number of benzene rings is 2. The van der Waals surface area contributed by atoms with E-state index in [1.54, 1.807) is 42.5 Å². The molecular formula is C18H18ClNO4. The van der Waals surface area contributed by atoms with Crippen molar-refractivity contribution in [2.45, 2.75) is 19.4 Å². The second-order valence-corrected chi connectivity index (χ2v) is 5.86. The van der Waals surface area contributed by atoms with Crippen LogP contribution < -0.4 is 10.1 Å². The van der Waals surface area contributed by atoms with Crippen molar-refractivity contribution in [3.05, 3.63) is 64.2 Å². The van der Waals surface area contributed by atoms with Gasteiger partial charge in [0.2, 0.25) is 0 Å². The van der Waals surface area contributed by atoms with Crippen LogP contribution in [0.25, 0.3) is 0 Å². The summed E-state index contributed by atoms with van der Waals surface area (Å²) in [6, 6.07) is 11.3. The molecule has 0 spiro atoms. The van der Waals surface area contributed by atoms with E-state index in [4.69, 9.17) is 21.4 Å². The molecule has 1 atom stereocenters. The summed E-state index contributed by atoms with van der Waals surface area (Å²) < 4.78 is 5.18. The fourth-order valence-corrected chi connectivity index (χ4v) is 2.52. The van der Waals surface area contributed by atoms with Gasteiger partial charge < -0.3 is 15.2 Å². The van der Waals surface area contributed by atoms with Gasteiger partial charge in [-0.3, -0.25) is 4.79 Å². The summed E-state index contributed by atoms with van der Waals surface area (Å²) >= 11 is 5.94. The normalized spacial score (nSPS) is 11.6. The van der Waals surface area contributed by atoms with Gasteiger partial charge in [-0.25, -0.2) is 4.79 Å². The molecule has 0 heterocycles. The third-order valence-electron chi connectivity index (χ3n) is 3.53. The van der Waals surface area contributed by atoms with Gasteiger partial charge in [0.25, 0.3) is 5.91 Å².